The molecule has 1 amide bonds. The third kappa shape index (κ3) is 5.21. The Morgan fingerprint density at radius 3 is 2.28 bits per heavy atom. The van der Waals surface area contributed by atoms with Gasteiger partial charge in [-0.15, -0.1) is 0 Å². The molecule has 0 saturated carbocycles. The van der Waals surface area contributed by atoms with Crippen molar-refractivity contribution < 1.29 is 14.3 Å². The van der Waals surface area contributed by atoms with Crippen LogP contribution in [0.25, 0.3) is 0 Å². The molecule has 0 aliphatic rings. The van der Waals surface area contributed by atoms with E-state index in [2.05, 4.69) is 10.6 Å². The van der Waals surface area contributed by atoms with Crippen LogP contribution < -0.4 is 20.1 Å². The molecule has 29 heavy (non-hydrogen) atoms. The van der Waals surface area contributed by atoms with E-state index >= 15 is 0 Å². The third-order valence-corrected chi connectivity index (χ3v) is 4.74. The van der Waals surface area contributed by atoms with E-state index in [-0.39, 0.29) is 5.57 Å². The summed E-state index contributed by atoms with van der Waals surface area (Å²) in [5, 5.41) is 15.7. The first kappa shape index (κ1) is 22.1. The number of hydrogen-bond donors (Lipinski definition) is 2. The van der Waals surface area contributed by atoms with Gasteiger partial charge in [-0.1, -0.05) is 43.6 Å². The summed E-state index contributed by atoms with van der Waals surface area (Å²) in [6, 6.07) is 11.1. The van der Waals surface area contributed by atoms with Crippen molar-refractivity contribution in [3.8, 4) is 17.6 Å². The average Bonchev–Trinajstić information content (AvgIpc) is 2.74. The monoisotopic (exact) mass is 413 g/mol. The van der Waals surface area contributed by atoms with Crippen LogP contribution in [0.5, 0.6) is 11.5 Å². The number of nitrogens with zero attached hydrogens (tertiary/aromatic N) is 1. The Morgan fingerprint density at radius 2 is 1.76 bits per heavy atom. The van der Waals surface area contributed by atoms with Crippen LogP contribution in [0.15, 0.2) is 42.1 Å². The van der Waals surface area contributed by atoms with Gasteiger partial charge in [0.2, 0.25) is 0 Å². The molecule has 152 valence electrons. The summed E-state index contributed by atoms with van der Waals surface area (Å²) in [4.78, 5) is 12.7. The van der Waals surface area contributed by atoms with Crippen LogP contribution in [-0.4, -0.2) is 20.1 Å². The molecule has 0 radical (unpaired) electrons. The highest BCUT2D eigenvalue weighted by Gasteiger charge is 2.15. The Morgan fingerprint density at radius 1 is 1.14 bits per heavy atom. The van der Waals surface area contributed by atoms with E-state index < -0.39 is 5.91 Å². The first-order chi connectivity index (χ1) is 14.0. The molecule has 0 aromatic heterocycles. The van der Waals surface area contributed by atoms with Crippen molar-refractivity contribution in [2.75, 3.05) is 24.9 Å². The number of benzene rings is 2. The van der Waals surface area contributed by atoms with E-state index in [0.29, 0.717) is 22.2 Å². The molecule has 7 heteroatoms. The summed E-state index contributed by atoms with van der Waals surface area (Å²) in [6.45, 7) is 4.04. The topological polar surface area (TPSA) is 83.4 Å². The van der Waals surface area contributed by atoms with Gasteiger partial charge in [-0.25, -0.2) is 0 Å². The van der Waals surface area contributed by atoms with Crippen molar-refractivity contribution in [1.29, 1.82) is 5.26 Å². The van der Waals surface area contributed by atoms with Gasteiger partial charge in [0.1, 0.15) is 23.1 Å². The minimum atomic E-state index is -0.490. The Balaban J connectivity index is 2.30. The number of methoxy groups -OCH3 is 2. The minimum absolute atomic E-state index is 0.0751. The fourth-order valence-electron chi connectivity index (χ4n) is 2.86. The van der Waals surface area contributed by atoms with Gasteiger partial charge in [0.05, 0.1) is 24.9 Å². The minimum Gasteiger partial charge on any atom is -0.495 e. The zero-order chi connectivity index (χ0) is 21.4. The number of nitrogens with one attached hydrogen (secondary N) is 2. The zero-order valence-electron chi connectivity index (χ0n) is 16.9. The molecule has 2 aromatic carbocycles. The first-order valence-corrected chi connectivity index (χ1v) is 9.57. The highest BCUT2D eigenvalue weighted by molar-refractivity contribution is 6.32. The molecule has 0 spiro atoms. The molecule has 0 saturated heterocycles. The lowest BCUT2D eigenvalue weighted by atomic mass is 10.0. The Hall–Kier alpha value is -3.17. The lowest BCUT2D eigenvalue weighted by Crippen LogP contribution is -2.17. The van der Waals surface area contributed by atoms with Crippen LogP contribution in [-0.2, 0) is 17.6 Å². The number of carbonyl (C=O) groups excluding carboxylic acids is 1. The van der Waals surface area contributed by atoms with Gasteiger partial charge in [-0.05, 0) is 24.0 Å². The van der Waals surface area contributed by atoms with Gasteiger partial charge in [0, 0.05) is 24.0 Å². The Bertz CT molecular complexity index is 942. The van der Waals surface area contributed by atoms with Crippen molar-refractivity contribution in [1.82, 2.24) is 0 Å². The number of amides is 1. The second-order valence-electron chi connectivity index (χ2n) is 6.11. The number of anilines is 2. The van der Waals surface area contributed by atoms with Crippen LogP contribution >= 0.6 is 11.6 Å². The number of aryl methyl sites for hydroxylation is 2. The van der Waals surface area contributed by atoms with Crippen molar-refractivity contribution in [2.45, 2.75) is 26.7 Å². The van der Waals surface area contributed by atoms with E-state index in [0.717, 1.165) is 29.7 Å². The van der Waals surface area contributed by atoms with Crippen molar-refractivity contribution >= 4 is 28.9 Å². The van der Waals surface area contributed by atoms with Gasteiger partial charge < -0.3 is 20.1 Å². The number of para-hydroxylation sites is 1. The molecule has 0 atom stereocenters. The molecule has 0 unspecified atom stereocenters. The molecule has 0 aliphatic carbocycles. The number of halogens is 1. The summed E-state index contributed by atoms with van der Waals surface area (Å²) in [6.07, 6.45) is 2.88. The molecule has 0 heterocycles. The number of hydrogen-bond acceptors (Lipinski definition) is 5. The van der Waals surface area contributed by atoms with E-state index in [4.69, 9.17) is 21.1 Å². The summed E-state index contributed by atoms with van der Waals surface area (Å²) < 4.78 is 10.5. The van der Waals surface area contributed by atoms with Gasteiger partial charge in [0.25, 0.3) is 5.91 Å². The summed E-state index contributed by atoms with van der Waals surface area (Å²) in [5.74, 6) is 0.403. The SMILES string of the molecule is CCc1cccc(CC)c1NC(=O)/C(C#N)=C\Nc1cc(OC)c(Cl)cc1OC. The lowest BCUT2D eigenvalue weighted by molar-refractivity contribution is -0.112. The number of nitriles is 1. The normalized spacial score (nSPS) is 10.8. The van der Waals surface area contributed by atoms with E-state index in [1.165, 1.54) is 20.4 Å². The first-order valence-electron chi connectivity index (χ1n) is 9.19. The highest BCUT2D eigenvalue weighted by atomic mass is 35.5. The predicted octanol–water partition coefficient (Wildman–Crippen LogP) is 4.94. The molecule has 2 rings (SSSR count). The molecule has 6 nitrogen and oxygen atoms in total. The maximum absolute atomic E-state index is 12.7. The largest absolute Gasteiger partial charge is 0.495 e. The molecular weight excluding hydrogens is 390 g/mol. The number of carbonyl (C=O) groups is 1. The molecule has 2 aromatic rings. The van der Waals surface area contributed by atoms with Crippen LogP contribution in [0.2, 0.25) is 5.02 Å². The predicted molar refractivity (Wildman–Crippen MR) is 116 cm³/mol. The number of rotatable bonds is 8. The Kier molecular flexibility index (Phi) is 7.93. The zero-order valence-corrected chi connectivity index (χ0v) is 17.7. The fourth-order valence-corrected chi connectivity index (χ4v) is 3.09. The van der Waals surface area contributed by atoms with E-state index in [1.54, 1.807) is 12.1 Å². The van der Waals surface area contributed by atoms with Crippen molar-refractivity contribution in [3.63, 3.8) is 0 Å². The van der Waals surface area contributed by atoms with Crippen molar-refractivity contribution in [3.05, 3.63) is 58.3 Å². The second-order valence-corrected chi connectivity index (χ2v) is 6.52. The second kappa shape index (κ2) is 10.4. The van der Waals surface area contributed by atoms with Crippen LogP contribution in [0.3, 0.4) is 0 Å². The molecule has 0 fully saturated rings. The van der Waals surface area contributed by atoms with Gasteiger partial charge in [-0.3, -0.25) is 4.79 Å². The third-order valence-electron chi connectivity index (χ3n) is 4.45. The fraction of sp³-hybridized carbons (Fsp3) is 0.273. The highest BCUT2D eigenvalue weighted by Crippen LogP contribution is 2.36. The lowest BCUT2D eigenvalue weighted by Gasteiger charge is -2.14. The molecule has 2 N–H and O–H groups in total. The summed E-state index contributed by atoms with van der Waals surface area (Å²) in [5.41, 5.74) is 3.24. The van der Waals surface area contributed by atoms with Gasteiger partial charge in [-0.2, -0.15) is 5.26 Å². The summed E-state index contributed by atoms with van der Waals surface area (Å²) in [7, 11) is 3.00. The van der Waals surface area contributed by atoms with Gasteiger partial charge >= 0.3 is 0 Å². The number of ether oxygens (including phenoxy) is 2. The average molecular weight is 414 g/mol. The van der Waals surface area contributed by atoms with Crippen LogP contribution in [0.4, 0.5) is 11.4 Å². The maximum atomic E-state index is 12.7. The maximum Gasteiger partial charge on any atom is 0.267 e. The van der Waals surface area contributed by atoms with Crippen LogP contribution in [0.1, 0.15) is 25.0 Å². The van der Waals surface area contributed by atoms with Crippen molar-refractivity contribution in [2.24, 2.45) is 0 Å². The van der Waals surface area contributed by atoms with Gasteiger partial charge in [0.15, 0.2) is 0 Å². The quantitative estimate of drug-likeness (QED) is 0.473. The molecule has 0 aliphatic heterocycles. The van der Waals surface area contributed by atoms with Crippen LogP contribution in [0, 0.1) is 11.3 Å². The van der Waals surface area contributed by atoms with E-state index in [1.807, 2.05) is 38.1 Å². The smallest absolute Gasteiger partial charge is 0.267 e. The standard InChI is InChI=1S/C22H24ClN3O3/c1-5-14-8-7-9-15(6-2)21(14)26-22(27)16(12-24)13-25-18-11-19(28-3)17(23)10-20(18)29-4/h7-11,13,25H,5-6H2,1-4H3,(H,26,27)/b16-13-. The molecule has 0 bridgehead atoms. The summed E-state index contributed by atoms with van der Waals surface area (Å²) >= 11 is 6.10. The Labute approximate surface area is 176 Å². The van der Waals surface area contributed by atoms with E-state index in [9.17, 15) is 10.1 Å². The molecular formula is C22H24ClN3O3.